The molecule has 1 saturated carbocycles. The maximum absolute atomic E-state index is 11.4. The molecule has 1 fully saturated rings. The Morgan fingerprint density at radius 3 is 2.29 bits per heavy atom. The molecule has 0 aromatic heterocycles. The van der Waals surface area contributed by atoms with E-state index in [0.29, 0.717) is 12.8 Å². The quantitative estimate of drug-likeness (QED) is 0.720. The molecule has 1 atom stereocenters. The Hall–Kier alpha value is -0.960. The summed E-state index contributed by atoms with van der Waals surface area (Å²) in [7, 11) is 0. The number of carbonyl (C=O) groups excluding carboxylic acids is 2. The lowest BCUT2D eigenvalue weighted by atomic mass is 9.97. The first-order valence-corrected chi connectivity index (χ1v) is 5.30. The van der Waals surface area contributed by atoms with Gasteiger partial charge in [-0.2, -0.15) is 0 Å². The highest BCUT2D eigenvalue weighted by Crippen LogP contribution is 2.29. The summed E-state index contributed by atoms with van der Waals surface area (Å²) in [6.07, 6.45) is 1.07. The summed E-state index contributed by atoms with van der Waals surface area (Å²) in [6, 6.07) is 7.58. The maximum atomic E-state index is 11.4. The summed E-state index contributed by atoms with van der Waals surface area (Å²) in [6.45, 7) is 0. The molecule has 0 N–H and O–H groups in total. The third-order valence-electron chi connectivity index (χ3n) is 2.52. The minimum absolute atomic E-state index is 0.199. The van der Waals surface area contributed by atoms with E-state index in [0.717, 1.165) is 10.0 Å². The second-order valence-corrected chi connectivity index (χ2v) is 4.35. The Morgan fingerprint density at radius 1 is 1.14 bits per heavy atom. The lowest BCUT2D eigenvalue weighted by Gasteiger charge is -2.06. The SMILES string of the molecule is O=C1CCC(c2ccc(Br)cc2)C1=O. The minimum Gasteiger partial charge on any atom is -0.291 e. The summed E-state index contributed by atoms with van der Waals surface area (Å²) in [5.74, 6) is -0.652. The fourth-order valence-corrected chi connectivity index (χ4v) is 2.00. The number of Topliss-reactive ketones (excluding diaryl/α,β-unsaturated/α-hetero) is 2. The first-order chi connectivity index (χ1) is 6.68. The summed E-state index contributed by atoms with van der Waals surface area (Å²) in [5, 5.41) is 0. The standard InChI is InChI=1S/C11H9BrO2/c12-8-3-1-7(2-4-8)9-5-6-10(13)11(9)14/h1-4,9H,5-6H2. The Bertz CT molecular complexity index is 381. The maximum Gasteiger partial charge on any atom is 0.205 e. The summed E-state index contributed by atoms with van der Waals surface area (Å²) >= 11 is 3.33. The molecule has 1 aromatic rings. The molecular formula is C11H9BrO2. The molecule has 1 aromatic carbocycles. The van der Waals surface area contributed by atoms with Gasteiger partial charge in [-0.1, -0.05) is 28.1 Å². The van der Waals surface area contributed by atoms with Gasteiger partial charge in [-0.25, -0.2) is 0 Å². The molecule has 3 heteroatoms. The molecule has 0 radical (unpaired) electrons. The van der Waals surface area contributed by atoms with E-state index in [1.54, 1.807) is 0 Å². The average Bonchev–Trinajstić information content (AvgIpc) is 2.50. The Kier molecular flexibility index (Phi) is 2.50. The van der Waals surface area contributed by atoms with Crippen LogP contribution in [0.15, 0.2) is 28.7 Å². The normalized spacial score (nSPS) is 21.6. The van der Waals surface area contributed by atoms with Crippen molar-refractivity contribution in [1.29, 1.82) is 0 Å². The van der Waals surface area contributed by atoms with Crippen molar-refractivity contribution in [2.45, 2.75) is 18.8 Å². The molecule has 0 aliphatic heterocycles. The van der Waals surface area contributed by atoms with Gasteiger partial charge in [-0.3, -0.25) is 9.59 Å². The number of ketones is 2. The van der Waals surface area contributed by atoms with Gasteiger partial charge in [-0.15, -0.1) is 0 Å². The third kappa shape index (κ3) is 1.64. The number of hydrogen-bond donors (Lipinski definition) is 0. The van der Waals surface area contributed by atoms with Gasteiger partial charge in [0.1, 0.15) is 0 Å². The Morgan fingerprint density at radius 2 is 1.79 bits per heavy atom. The first kappa shape index (κ1) is 9.59. The Labute approximate surface area is 90.4 Å². The van der Waals surface area contributed by atoms with E-state index in [9.17, 15) is 9.59 Å². The molecule has 0 saturated heterocycles. The van der Waals surface area contributed by atoms with Crippen LogP contribution in [0.3, 0.4) is 0 Å². The van der Waals surface area contributed by atoms with E-state index >= 15 is 0 Å². The molecule has 1 unspecified atom stereocenters. The minimum atomic E-state index is -0.229. The first-order valence-electron chi connectivity index (χ1n) is 4.51. The number of halogens is 1. The highest BCUT2D eigenvalue weighted by Gasteiger charge is 2.33. The van der Waals surface area contributed by atoms with E-state index in [1.165, 1.54) is 0 Å². The van der Waals surface area contributed by atoms with Gasteiger partial charge in [0, 0.05) is 10.9 Å². The van der Waals surface area contributed by atoms with E-state index < -0.39 is 0 Å². The van der Waals surface area contributed by atoms with Crippen LogP contribution in [0.4, 0.5) is 0 Å². The van der Waals surface area contributed by atoms with Crippen LogP contribution in [-0.4, -0.2) is 11.6 Å². The number of carbonyl (C=O) groups is 2. The molecule has 0 amide bonds. The molecule has 0 bridgehead atoms. The van der Waals surface area contributed by atoms with Crippen LogP contribution >= 0.6 is 15.9 Å². The van der Waals surface area contributed by atoms with Crippen molar-refractivity contribution in [3.63, 3.8) is 0 Å². The molecule has 14 heavy (non-hydrogen) atoms. The zero-order chi connectivity index (χ0) is 10.1. The van der Waals surface area contributed by atoms with Gasteiger partial charge >= 0.3 is 0 Å². The molecule has 1 aliphatic carbocycles. The zero-order valence-corrected chi connectivity index (χ0v) is 9.08. The van der Waals surface area contributed by atoms with Crippen LogP contribution in [0, 0.1) is 0 Å². The molecule has 72 valence electrons. The molecule has 0 spiro atoms. The highest BCUT2D eigenvalue weighted by molar-refractivity contribution is 9.10. The van der Waals surface area contributed by atoms with Gasteiger partial charge in [-0.05, 0) is 24.1 Å². The van der Waals surface area contributed by atoms with Gasteiger partial charge in [0.05, 0.1) is 5.92 Å². The molecule has 2 nitrogen and oxygen atoms in total. The summed E-state index contributed by atoms with van der Waals surface area (Å²) in [4.78, 5) is 22.5. The smallest absolute Gasteiger partial charge is 0.205 e. The number of rotatable bonds is 1. The predicted molar refractivity (Wildman–Crippen MR) is 56.1 cm³/mol. The molecule has 1 aliphatic rings. The summed E-state index contributed by atoms with van der Waals surface area (Å²) in [5.41, 5.74) is 0.948. The van der Waals surface area contributed by atoms with Crippen LogP contribution < -0.4 is 0 Å². The van der Waals surface area contributed by atoms with E-state index in [2.05, 4.69) is 15.9 Å². The van der Waals surface area contributed by atoms with Crippen molar-refractivity contribution in [2.75, 3.05) is 0 Å². The van der Waals surface area contributed by atoms with Crippen molar-refractivity contribution in [2.24, 2.45) is 0 Å². The predicted octanol–water partition coefficient (Wildman–Crippen LogP) is 2.46. The number of benzene rings is 1. The van der Waals surface area contributed by atoms with Crippen molar-refractivity contribution < 1.29 is 9.59 Å². The van der Waals surface area contributed by atoms with Crippen LogP contribution in [0.1, 0.15) is 24.3 Å². The zero-order valence-electron chi connectivity index (χ0n) is 7.50. The van der Waals surface area contributed by atoms with Gasteiger partial charge in [0.2, 0.25) is 5.78 Å². The largest absolute Gasteiger partial charge is 0.291 e. The van der Waals surface area contributed by atoms with Gasteiger partial charge in [0.15, 0.2) is 5.78 Å². The molecule has 2 rings (SSSR count). The molecule has 0 heterocycles. The number of hydrogen-bond acceptors (Lipinski definition) is 2. The van der Waals surface area contributed by atoms with Crippen LogP contribution in [0.2, 0.25) is 0 Å². The lowest BCUT2D eigenvalue weighted by molar-refractivity contribution is -0.134. The van der Waals surface area contributed by atoms with Gasteiger partial charge in [0.25, 0.3) is 0 Å². The highest BCUT2D eigenvalue weighted by atomic mass is 79.9. The Balaban J connectivity index is 2.28. The van der Waals surface area contributed by atoms with E-state index in [4.69, 9.17) is 0 Å². The van der Waals surface area contributed by atoms with Crippen molar-refractivity contribution in [3.8, 4) is 0 Å². The fourth-order valence-electron chi connectivity index (χ4n) is 1.74. The van der Waals surface area contributed by atoms with Gasteiger partial charge < -0.3 is 0 Å². The second kappa shape index (κ2) is 3.65. The van der Waals surface area contributed by atoms with Crippen molar-refractivity contribution in [1.82, 2.24) is 0 Å². The molecular weight excluding hydrogens is 244 g/mol. The van der Waals surface area contributed by atoms with Crippen LogP contribution in [0.25, 0.3) is 0 Å². The van der Waals surface area contributed by atoms with Crippen molar-refractivity contribution >= 4 is 27.5 Å². The average molecular weight is 253 g/mol. The topological polar surface area (TPSA) is 34.1 Å². The second-order valence-electron chi connectivity index (χ2n) is 3.43. The van der Waals surface area contributed by atoms with Crippen LogP contribution in [0.5, 0.6) is 0 Å². The fraction of sp³-hybridized carbons (Fsp3) is 0.273. The lowest BCUT2D eigenvalue weighted by Crippen LogP contribution is -2.11. The van der Waals surface area contributed by atoms with Crippen LogP contribution in [-0.2, 0) is 9.59 Å². The monoisotopic (exact) mass is 252 g/mol. The van der Waals surface area contributed by atoms with E-state index in [-0.39, 0.29) is 17.5 Å². The van der Waals surface area contributed by atoms with Crippen molar-refractivity contribution in [3.05, 3.63) is 34.3 Å². The third-order valence-corrected chi connectivity index (χ3v) is 3.05. The van der Waals surface area contributed by atoms with E-state index in [1.807, 2.05) is 24.3 Å². The summed E-state index contributed by atoms with van der Waals surface area (Å²) < 4.78 is 0.984.